The van der Waals surface area contributed by atoms with E-state index in [9.17, 15) is 0 Å². The van der Waals surface area contributed by atoms with Crippen molar-refractivity contribution < 1.29 is 0 Å². The van der Waals surface area contributed by atoms with Gasteiger partial charge in [-0.1, -0.05) is 0 Å². The third-order valence-corrected chi connectivity index (χ3v) is 5.80. The van der Waals surface area contributed by atoms with Crippen molar-refractivity contribution in [3.8, 4) is 0 Å². The van der Waals surface area contributed by atoms with Crippen LogP contribution in [0, 0.1) is 0 Å². The summed E-state index contributed by atoms with van der Waals surface area (Å²) in [5.74, 6) is 0. The standard InChI is InChI=1S/C7H5BrS2.Mg/c8-10-7(9)6-4-2-1-3-5-6;/h1-5H;. The average Bonchev–Trinajstić information content (AvgIpc) is 2.05. The van der Waals surface area contributed by atoms with Crippen molar-refractivity contribution >= 4 is 57.2 Å². The van der Waals surface area contributed by atoms with Crippen LogP contribution in [-0.4, -0.2) is 24.0 Å². The van der Waals surface area contributed by atoms with Gasteiger partial charge in [0.15, 0.2) is 0 Å². The zero-order valence-electron chi connectivity index (χ0n) is 5.79. The normalized spacial score (nSPS) is 12.6. The molecule has 1 atom stereocenters. The fourth-order valence-corrected chi connectivity index (χ4v) is 2.29. The first-order valence-electron chi connectivity index (χ1n) is 3.01. The van der Waals surface area contributed by atoms with Crippen LogP contribution in [0.1, 0.15) is 5.56 Å². The van der Waals surface area contributed by atoms with Crippen LogP contribution in [0.4, 0.5) is 0 Å². The quantitative estimate of drug-likeness (QED) is 0.550. The van der Waals surface area contributed by atoms with Gasteiger partial charge in [-0.15, -0.1) is 0 Å². The zero-order valence-corrected chi connectivity index (χ0v) is 10.4. The van der Waals surface area contributed by atoms with Crippen LogP contribution in [0.3, 0.4) is 0 Å². The second-order valence-corrected chi connectivity index (χ2v) is 10.3. The van der Waals surface area contributed by atoms with E-state index in [2.05, 4.69) is 14.8 Å². The van der Waals surface area contributed by atoms with E-state index in [0.717, 1.165) is 9.76 Å². The summed E-state index contributed by atoms with van der Waals surface area (Å²) < 4.78 is 1.00. The Morgan fingerprint density at radius 2 is 1.91 bits per heavy atom. The van der Waals surface area contributed by atoms with E-state index in [1.54, 1.807) is 0 Å². The van der Waals surface area contributed by atoms with Gasteiger partial charge < -0.3 is 0 Å². The van der Waals surface area contributed by atoms with E-state index < -0.39 is 0 Å². The fraction of sp³-hybridized carbons (Fsp3) is 0. The Hall–Kier alpha value is 0.906. The van der Waals surface area contributed by atoms with Crippen molar-refractivity contribution in [2.45, 2.75) is 0 Å². The van der Waals surface area contributed by atoms with Gasteiger partial charge in [0, 0.05) is 0 Å². The molecule has 0 spiro atoms. The summed E-state index contributed by atoms with van der Waals surface area (Å²) in [5, 5.41) is 0. The molecule has 4 heteroatoms. The van der Waals surface area contributed by atoms with E-state index in [0.29, 0.717) is 0 Å². The molecule has 0 aliphatic heterocycles. The van der Waals surface area contributed by atoms with Gasteiger partial charge >= 0.3 is 93.1 Å². The first-order chi connectivity index (χ1) is 5.22. The summed E-state index contributed by atoms with van der Waals surface area (Å²) in [5.41, 5.74) is 1.15. The molecule has 1 aromatic rings. The molecule has 0 saturated heterocycles. The van der Waals surface area contributed by atoms with Gasteiger partial charge in [0.2, 0.25) is 0 Å². The van der Waals surface area contributed by atoms with Crippen LogP contribution in [0.5, 0.6) is 0 Å². The minimum atomic E-state index is 0.0605. The number of halogens is 1. The van der Waals surface area contributed by atoms with Crippen molar-refractivity contribution in [1.29, 1.82) is 0 Å². The van der Waals surface area contributed by atoms with Gasteiger partial charge in [0.1, 0.15) is 0 Å². The van der Waals surface area contributed by atoms with Crippen molar-refractivity contribution in [2.75, 3.05) is 0 Å². The SMILES string of the molecule is [Mg]=[S](Br)C(=S)c1ccccc1. The van der Waals surface area contributed by atoms with Crippen LogP contribution >= 0.6 is 33.2 Å². The molecule has 1 aromatic carbocycles. The topological polar surface area (TPSA) is 0 Å². The Kier molecular flexibility index (Phi) is 4.37. The molecule has 0 aliphatic carbocycles. The van der Waals surface area contributed by atoms with Crippen LogP contribution < -0.4 is 0 Å². The summed E-state index contributed by atoms with van der Waals surface area (Å²) in [6.45, 7) is 0. The van der Waals surface area contributed by atoms with Crippen LogP contribution in [-0.2, 0) is 0 Å². The first-order valence-corrected chi connectivity index (χ1v) is 8.39. The van der Waals surface area contributed by atoms with Crippen LogP contribution in [0.25, 0.3) is 0 Å². The van der Waals surface area contributed by atoms with Gasteiger partial charge in [-0.05, 0) is 0 Å². The molecule has 0 radical (unpaired) electrons. The second kappa shape index (κ2) is 4.82. The molecule has 0 saturated carbocycles. The van der Waals surface area contributed by atoms with Gasteiger partial charge in [-0.3, -0.25) is 0 Å². The molecule has 0 aliphatic rings. The Morgan fingerprint density at radius 3 is 2.36 bits per heavy atom. The molecule has 0 nitrogen and oxygen atoms in total. The average molecular weight is 257 g/mol. The van der Waals surface area contributed by atoms with Gasteiger partial charge in [-0.25, -0.2) is 0 Å². The molecule has 1 unspecified atom stereocenters. The predicted octanol–water partition coefficient (Wildman–Crippen LogP) is 3.02. The third kappa shape index (κ3) is 3.03. The Labute approximate surface area is 92.2 Å². The zero-order chi connectivity index (χ0) is 8.27. The molecular weight excluding hydrogens is 252 g/mol. The Morgan fingerprint density at radius 1 is 1.36 bits per heavy atom. The van der Waals surface area contributed by atoms with E-state index in [1.165, 1.54) is 0 Å². The third-order valence-electron chi connectivity index (χ3n) is 1.21. The van der Waals surface area contributed by atoms with E-state index >= 15 is 0 Å². The maximum atomic E-state index is 5.22. The Balaban J connectivity index is 2.95. The van der Waals surface area contributed by atoms with Crippen LogP contribution in [0.15, 0.2) is 30.3 Å². The fourth-order valence-electron chi connectivity index (χ4n) is 0.702. The molecule has 0 heterocycles. The summed E-state index contributed by atoms with van der Waals surface area (Å²) in [7, 11) is 0. The Bertz CT molecular complexity index is 284. The molecule has 0 N–H and O–H groups in total. The number of thiocarbonyl (C=S) groups is 1. The maximum absolute atomic E-state index is 5.22. The number of hydrogen-bond donors (Lipinski definition) is 0. The van der Waals surface area contributed by atoms with Gasteiger partial charge in [-0.2, -0.15) is 0 Å². The summed E-state index contributed by atoms with van der Waals surface area (Å²) in [4.78, 5) is 0. The minimum absolute atomic E-state index is 0.0605. The summed E-state index contributed by atoms with van der Waals surface area (Å²) in [6, 6.07) is 10.1. The van der Waals surface area contributed by atoms with E-state index in [1.807, 2.05) is 50.1 Å². The summed E-state index contributed by atoms with van der Waals surface area (Å²) >= 11 is 10.6. The molecular formula is C7H5BrMgS2. The molecule has 0 fully saturated rings. The number of benzene rings is 1. The predicted molar refractivity (Wildman–Crippen MR) is 60.4 cm³/mol. The first kappa shape index (κ1) is 9.99. The van der Waals surface area contributed by atoms with Gasteiger partial charge in [0.25, 0.3) is 0 Å². The molecule has 0 aromatic heterocycles. The number of rotatable bonds is 1. The summed E-state index contributed by atoms with van der Waals surface area (Å²) in [6.07, 6.45) is 0.0605. The molecule has 0 bridgehead atoms. The van der Waals surface area contributed by atoms with Crippen molar-refractivity contribution in [2.24, 2.45) is 0 Å². The van der Waals surface area contributed by atoms with Crippen molar-refractivity contribution in [3.05, 3.63) is 35.9 Å². The van der Waals surface area contributed by atoms with E-state index in [4.69, 9.17) is 12.2 Å². The van der Waals surface area contributed by atoms with E-state index in [-0.39, 0.29) is 6.15 Å². The second-order valence-electron chi connectivity index (χ2n) is 1.98. The molecule has 11 heavy (non-hydrogen) atoms. The number of hydrogen-bond acceptors (Lipinski definition) is 1. The molecule has 0 amide bonds. The molecule has 54 valence electrons. The van der Waals surface area contributed by atoms with Crippen LogP contribution in [0.2, 0.25) is 0 Å². The molecule has 1 rings (SSSR count). The van der Waals surface area contributed by atoms with Crippen molar-refractivity contribution in [1.82, 2.24) is 0 Å². The van der Waals surface area contributed by atoms with Gasteiger partial charge in [0.05, 0.1) is 0 Å². The van der Waals surface area contributed by atoms with Crippen molar-refractivity contribution in [3.63, 3.8) is 0 Å². The monoisotopic (exact) mass is 256 g/mol.